The molecule has 0 aromatic heterocycles. The van der Waals surface area contributed by atoms with Crippen molar-refractivity contribution < 1.29 is 9.53 Å². The van der Waals surface area contributed by atoms with Crippen LogP contribution in [0, 0.1) is 0 Å². The van der Waals surface area contributed by atoms with E-state index in [0.717, 1.165) is 12.8 Å². The van der Waals surface area contributed by atoms with Crippen LogP contribution in [-0.4, -0.2) is 23.8 Å². The average molecular weight is 316 g/mol. The lowest BCUT2D eigenvalue weighted by atomic mass is 9.81. The molecule has 0 bridgehead atoms. The molecule has 1 amide bonds. The fourth-order valence-electron chi connectivity index (χ4n) is 3.43. The highest BCUT2D eigenvalue weighted by Gasteiger charge is 2.41. The summed E-state index contributed by atoms with van der Waals surface area (Å²) in [6, 6.07) is 9.68. The van der Waals surface area contributed by atoms with E-state index in [0.29, 0.717) is 18.0 Å². The Morgan fingerprint density at radius 1 is 1.13 bits per heavy atom. The number of amides is 1. The quantitative estimate of drug-likeness (QED) is 0.890. The van der Waals surface area contributed by atoms with Gasteiger partial charge in [0.25, 0.3) is 0 Å². The predicted octanol–water partition coefficient (Wildman–Crippen LogP) is 3.88. The Hall–Kier alpha value is -1.55. The number of hydrogen-bond donors (Lipinski definition) is 2. The molecule has 4 atom stereocenters. The Balaban J connectivity index is 1.54. The number of benzene rings is 1. The van der Waals surface area contributed by atoms with Gasteiger partial charge in [0.2, 0.25) is 0 Å². The number of hydrogen-bond acceptors (Lipinski definition) is 3. The van der Waals surface area contributed by atoms with Gasteiger partial charge in [-0.15, -0.1) is 0 Å². The minimum Gasteiger partial charge on any atom is -0.444 e. The maximum absolute atomic E-state index is 11.8. The molecule has 0 aliphatic heterocycles. The van der Waals surface area contributed by atoms with Gasteiger partial charge in [0.1, 0.15) is 5.60 Å². The van der Waals surface area contributed by atoms with E-state index in [2.05, 4.69) is 41.8 Å². The van der Waals surface area contributed by atoms with E-state index in [9.17, 15) is 4.79 Å². The molecule has 0 spiro atoms. The lowest BCUT2D eigenvalue weighted by molar-refractivity contribution is 0.0521. The third-order valence-electron chi connectivity index (χ3n) is 4.70. The van der Waals surface area contributed by atoms with Gasteiger partial charge in [-0.2, -0.15) is 0 Å². The highest BCUT2D eigenvalue weighted by atomic mass is 16.6. The van der Waals surface area contributed by atoms with Gasteiger partial charge in [-0.05, 0) is 57.1 Å². The van der Waals surface area contributed by atoms with E-state index >= 15 is 0 Å². The second kappa shape index (κ2) is 6.16. The molecule has 0 radical (unpaired) electrons. The zero-order chi connectivity index (χ0) is 16.6. The number of carbonyl (C=O) groups excluding carboxylic acids is 1. The maximum atomic E-state index is 11.8. The fraction of sp³-hybridized carbons (Fsp3) is 0.632. The van der Waals surface area contributed by atoms with Crippen molar-refractivity contribution in [1.82, 2.24) is 10.6 Å². The van der Waals surface area contributed by atoms with Crippen molar-refractivity contribution >= 4 is 6.09 Å². The van der Waals surface area contributed by atoms with Gasteiger partial charge >= 0.3 is 6.09 Å². The topological polar surface area (TPSA) is 50.4 Å². The van der Waals surface area contributed by atoms with Gasteiger partial charge in [0.05, 0.1) is 0 Å². The predicted molar refractivity (Wildman–Crippen MR) is 91.5 cm³/mol. The van der Waals surface area contributed by atoms with Crippen molar-refractivity contribution in [3.63, 3.8) is 0 Å². The molecule has 3 rings (SSSR count). The number of nitrogens with one attached hydrogen (secondary N) is 2. The van der Waals surface area contributed by atoms with Gasteiger partial charge in [0, 0.05) is 18.1 Å². The van der Waals surface area contributed by atoms with Crippen molar-refractivity contribution in [2.75, 3.05) is 0 Å². The smallest absolute Gasteiger partial charge is 0.407 e. The summed E-state index contributed by atoms with van der Waals surface area (Å²) < 4.78 is 5.32. The molecular formula is C19H28N2O2. The summed E-state index contributed by atoms with van der Waals surface area (Å²) in [6.45, 7) is 7.96. The van der Waals surface area contributed by atoms with E-state index in [4.69, 9.17) is 4.74 Å². The molecule has 2 N–H and O–H groups in total. The second-order valence-electron chi connectivity index (χ2n) is 7.92. The molecule has 1 fully saturated rings. The monoisotopic (exact) mass is 316 g/mol. The first-order chi connectivity index (χ1) is 10.8. The Morgan fingerprint density at radius 2 is 1.83 bits per heavy atom. The van der Waals surface area contributed by atoms with Crippen LogP contribution >= 0.6 is 0 Å². The van der Waals surface area contributed by atoms with Gasteiger partial charge < -0.3 is 15.4 Å². The molecule has 4 unspecified atom stereocenters. The maximum Gasteiger partial charge on any atom is 0.407 e. The first-order valence-corrected chi connectivity index (χ1v) is 8.68. The Labute approximate surface area is 139 Å². The normalized spacial score (nSPS) is 29.6. The average Bonchev–Trinajstić information content (AvgIpc) is 3.18. The largest absolute Gasteiger partial charge is 0.444 e. The molecule has 1 saturated carbocycles. The van der Waals surface area contributed by atoms with Crippen LogP contribution in [0.4, 0.5) is 4.79 Å². The Kier molecular flexibility index (Phi) is 4.37. The minimum atomic E-state index is -0.444. The first kappa shape index (κ1) is 16.3. The number of rotatable bonds is 3. The number of fused-ring (bicyclic) bond motifs is 1. The van der Waals surface area contributed by atoms with Crippen LogP contribution in [0.5, 0.6) is 0 Å². The van der Waals surface area contributed by atoms with Crippen LogP contribution in [0.2, 0.25) is 0 Å². The number of carbonyl (C=O) groups is 1. The van der Waals surface area contributed by atoms with E-state index in [1.807, 2.05) is 20.8 Å². The summed E-state index contributed by atoms with van der Waals surface area (Å²) in [5, 5.41) is 6.68. The molecule has 4 heteroatoms. The molecule has 1 aromatic carbocycles. The molecule has 0 heterocycles. The van der Waals surface area contributed by atoms with E-state index in [1.165, 1.54) is 17.5 Å². The molecule has 126 valence electrons. The molecule has 2 aliphatic rings. The lowest BCUT2D eigenvalue weighted by Gasteiger charge is -2.30. The van der Waals surface area contributed by atoms with E-state index in [1.54, 1.807) is 0 Å². The third kappa shape index (κ3) is 4.05. The van der Waals surface area contributed by atoms with E-state index < -0.39 is 5.60 Å². The van der Waals surface area contributed by atoms with Crippen LogP contribution in [0.15, 0.2) is 24.3 Å². The summed E-state index contributed by atoms with van der Waals surface area (Å²) in [7, 11) is 0. The highest BCUT2D eigenvalue weighted by molar-refractivity contribution is 5.68. The fourth-order valence-corrected chi connectivity index (χ4v) is 3.43. The molecule has 0 saturated heterocycles. The number of alkyl carbamates (subject to hydrolysis) is 1. The molecule has 23 heavy (non-hydrogen) atoms. The van der Waals surface area contributed by atoms with Gasteiger partial charge in [-0.25, -0.2) is 4.79 Å². The molecule has 2 aliphatic carbocycles. The Morgan fingerprint density at radius 3 is 2.52 bits per heavy atom. The lowest BCUT2D eigenvalue weighted by Crippen LogP contribution is -2.38. The zero-order valence-corrected chi connectivity index (χ0v) is 14.6. The van der Waals surface area contributed by atoms with Crippen LogP contribution < -0.4 is 10.6 Å². The standard InChI is InChI=1S/C19H28N2O2/c1-12-9-10-15(14-8-6-5-7-13(12)14)20-16-11-17(16)21-18(22)23-19(2,3)4/h5-8,12,15-17,20H,9-11H2,1-4H3,(H,21,22). The van der Waals surface area contributed by atoms with Crippen molar-refractivity contribution in [2.45, 2.75) is 76.6 Å². The van der Waals surface area contributed by atoms with Crippen LogP contribution in [0.1, 0.15) is 70.0 Å². The SMILES string of the molecule is CC1CCC(NC2CC2NC(=O)OC(C)(C)C)c2ccccc21. The minimum absolute atomic E-state index is 0.191. The first-order valence-electron chi connectivity index (χ1n) is 8.68. The summed E-state index contributed by atoms with van der Waals surface area (Å²) in [5.74, 6) is 0.638. The second-order valence-corrected chi connectivity index (χ2v) is 7.92. The number of ether oxygens (including phenoxy) is 1. The Bertz CT molecular complexity index is 579. The molecular weight excluding hydrogens is 288 g/mol. The van der Waals surface area contributed by atoms with Crippen molar-refractivity contribution in [1.29, 1.82) is 0 Å². The molecule has 1 aromatic rings. The summed E-state index contributed by atoms with van der Waals surface area (Å²) >= 11 is 0. The van der Waals surface area contributed by atoms with E-state index in [-0.39, 0.29) is 12.1 Å². The molecule has 4 nitrogen and oxygen atoms in total. The summed E-state index contributed by atoms with van der Waals surface area (Å²) in [6.07, 6.45) is 3.04. The van der Waals surface area contributed by atoms with Crippen LogP contribution in [-0.2, 0) is 4.74 Å². The summed E-state index contributed by atoms with van der Waals surface area (Å²) in [5.41, 5.74) is 2.45. The third-order valence-corrected chi connectivity index (χ3v) is 4.70. The van der Waals surface area contributed by atoms with Gasteiger partial charge in [-0.3, -0.25) is 0 Å². The van der Waals surface area contributed by atoms with Gasteiger partial charge in [-0.1, -0.05) is 31.2 Å². The van der Waals surface area contributed by atoms with Crippen LogP contribution in [0.25, 0.3) is 0 Å². The van der Waals surface area contributed by atoms with Gasteiger partial charge in [0.15, 0.2) is 0 Å². The van der Waals surface area contributed by atoms with Crippen LogP contribution in [0.3, 0.4) is 0 Å². The zero-order valence-electron chi connectivity index (χ0n) is 14.6. The van der Waals surface area contributed by atoms with Crippen molar-refractivity contribution in [3.8, 4) is 0 Å². The van der Waals surface area contributed by atoms with Crippen molar-refractivity contribution in [3.05, 3.63) is 35.4 Å². The highest BCUT2D eigenvalue weighted by Crippen LogP contribution is 2.38. The summed E-state index contributed by atoms with van der Waals surface area (Å²) in [4.78, 5) is 11.8. The van der Waals surface area contributed by atoms with Crippen molar-refractivity contribution in [2.24, 2.45) is 0 Å².